The molecule has 0 spiro atoms. The SMILES string of the molecule is C/C(=N/N=C(c1ccccc1)c1ccccc1)C(F)(F)C(F)(F)F. The summed E-state index contributed by atoms with van der Waals surface area (Å²) in [7, 11) is 0. The lowest BCUT2D eigenvalue weighted by Gasteiger charge is -2.18. The summed E-state index contributed by atoms with van der Waals surface area (Å²) in [5, 5.41) is 6.82. The molecule has 126 valence electrons. The van der Waals surface area contributed by atoms with E-state index in [0.29, 0.717) is 18.1 Å². The lowest BCUT2D eigenvalue weighted by Crippen LogP contribution is -2.42. The second-order valence-corrected chi connectivity index (χ2v) is 4.94. The minimum atomic E-state index is -5.71. The van der Waals surface area contributed by atoms with Crippen molar-refractivity contribution < 1.29 is 22.0 Å². The van der Waals surface area contributed by atoms with Crippen LogP contribution in [0.2, 0.25) is 0 Å². The van der Waals surface area contributed by atoms with E-state index in [4.69, 9.17) is 0 Å². The summed E-state index contributed by atoms with van der Waals surface area (Å²) >= 11 is 0. The smallest absolute Gasteiger partial charge is 0.189 e. The standard InChI is InChI=1S/C17H13F5N2/c1-12(16(18,19)17(20,21)22)23-24-15(13-8-4-2-5-9-13)14-10-6-3-7-11-14/h2-11H,1H3/b23-12-. The van der Waals surface area contributed by atoms with E-state index >= 15 is 0 Å². The summed E-state index contributed by atoms with van der Waals surface area (Å²) in [5.74, 6) is -5.03. The van der Waals surface area contributed by atoms with Crippen molar-refractivity contribution >= 4 is 11.4 Å². The van der Waals surface area contributed by atoms with Gasteiger partial charge in [0.1, 0.15) is 11.4 Å². The fourth-order valence-corrected chi connectivity index (χ4v) is 1.87. The zero-order chi connectivity index (χ0) is 17.8. The van der Waals surface area contributed by atoms with Crippen molar-refractivity contribution in [1.29, 1.82) is 0 Å². The Bertz CT molecular complexity index is 693. The highest BCUT2D eigenvalue weighted by molar-refractivity contribution is 6.13. The first kappa shape index (κ1) is 17.8. The van der Waals surface area contributed by atoms with E-state index in [-0.39, 0.29) is 5.71 Å². The van der Waals surface area contributed by atoms with Gasteiger partial charge in [-0.2, -0.15) is 27.1 Å². The van der Waals surface area contributed by atoms with Gasteiger partial charge in [0.15, 0.2) is 0 Å². The molecule has 0 heterocycles. The maximum atomic E-state index is 13.3. The van der Waals surface area contributed by atoms with E-state index < -0.39 is 17.8 Å². The fraction of sp³-hybridized carbons (Fsp3) is 0.176. The van der Waals surface area contributed by atoms with Crippen molar-refractivity contribution in [2.24, 2.45) is 10.2 Å². The van der Waals surface area contributed by atoms with Crippen molar-refractivity contribution in [3.63, 3.8) is 0 Å². The van der Waals surface area contributed by atoms with Gasteiger partial charge in [0.25, 0.3) is 0 Å². The van der Waals surface area contributed by atoms with Gasteiger partial charge >= 0.3 is 12.1 Å². The fourth-order valence-electron chi connectivity index (χ4n) is 1.87. The van der Waals surface area contributed by atoms with Gasteiger partial charge in [-0.15, -0.1) is 5.10 Å². The highest BCUT2D eigenvalue weighted by Crippen LogP contribution is 2.36. The quantitative estimate of drug-likeness (QED) is 0.420. The maximum Gasteiger partial charge on any atom is 0.459 e. The van der Waals surface area contributed by atoms with Crippen LogP contribution in [-0.2, 0) is 0 Å². The molecule has 2 nitrogen and oxygen atoms in total. The van der Waals surface area contributed by atoms with E-state index in [1.807, 2.05) is 0 Å². The number of hydrogen-bond donors (Lipinski definition) is 0. The molecule has 0 amide bonds. The highest BCUT2D eigenvalue weighted by atomic mass is 19.4. The van der Waals surface area contributed by atoms with Gasteiger partial charge < -0.3 is 0 Å². The molecule has 0 aliphatic carbocycles. The van der Waals surface area contributed by atoms with Crippen molar-refractivity contribution in [2.45, 2.75) is 19.0 Å². The van der Waals surface area contributed by atoms with Gasteiger partial charge in [-0.25, -0.2) is 0 Å². The third kappa shape index (κ3) is 3.84. The number of hydrogen-bond acceptors (Lipinski definition) is 2. The van der Waals surface area contributed by atoms with Crippen LogP contribution >= 0.6 is 0 Å². The lowest BCUT2D eigenvalue weighted by atomic mass is 10.0. The molecule has 2 aromatic carbocycles. The Labute approximate surface area is 135 Å². The van der Waals surface area contributed by atoms with Crippen molar-refractivity contribution in [3.05, 3.63) is 71.8 Å². The van der Waals surface area contributed by atoms with Gasteiger partial charge in [-0.1, -0.05) is 60.7 Å². The molecule has 0 aliphatic rings. The maximum absolute atomic E-state index is 13.3. The molecule has 0 bridgehead atoms. The number of rotatable bonds is 4. The zero-order valence-electron chi connectivity index (χ0n) is 12.6. The number of nitrogens with zero attached hydrogens (tertiary/aromatic N) is 2. The van der Waals surface area contributed by atoms with Crippen LogP contribution in [0.4, 0.5) is 22.0 Å². The normalized spacial score (nSPS) is 12.8. The minimum absolute atomic E-state index is 0.202. The van der Waals surface area contributed by atoms with Gasteiger partial charge in [-0.05, 0) is 6.92 Å². The van der Waals surface area contributed by atoms with Crippen LogP contribution in [0.25, 0.3) is 0 Å². The molecule has 0 fully saturated rings. The Hall–Kier alpha value is -2.57. The second-order valence-electron chi connectivity index (χ2n) is 4.94. The van der Waals surface area contributed by atoms with Crippen LogP contribution in [0.5, 0.6) is 0 Å². The second kappa shape index (κ2) is 6.90. The van der Waals surface area contributed by atoms with Gasteiger partial charge in [-0.3, -0.25) is 0 Å². The molecule has 0 aliphatic heterocycles. The molecule has 0 radical (unpaired) electrons. The Morgan fingerprint density at radius 1 is 0.708 bits per heavy atom. The molecule has 24 heavy (non-hydrogen) atoms. The van der Waals surface area contributed by atoms with Crippen LogP contribution in [-0.4, -0.2) is 23.5 Å². The minimum Gasteiger partial charge on any atom is -0.189 e. The third-order valence-corrected chi connectivity index (χ3v) is 3.20. The van der Waals surface area contributed by atoms with E-state index in [2.05, 4.69) is 10.2 Å². The molecule has 2 aromatic rings. The Morgan fingerprint density at radius 3 is 1.50 bits per heavy atom. The topological polar surface area (TPSA) is 24.7 Å². The molecular formula is C17H13F5N2. The highest BCUT2D eigenvalue weighted by Gasteiger charge is 2.60. The van der Waals surface area contributed by atoms with E-state index in [9.17, 15) is 22.0 Å². The Balaban J connectivity index is 2.49. The average molecular weight is 340 g/mol. The molecule has 0 N–H and O–H groups in total. The predicted molar refractivity (Wildman–Crippen MR) is 82.6 cm³/mol. The van der Waals surface area contributed by atoms with Gasteiger partial charge in [0.2, 0.25) is 0 Å². The van der Waals surface area contributed by atoms with Crippen LogP contribution in [0.3, 0.4) is 0 Å². The number of alkyl halides is 5. The molecule has 0 saturated carbocycles. The monoisotopic (exact) mass is 340 g/mol. The molecule has 0 aromatic heterocycles. The van der Waals surface area contributed by atoms with Crippen LogP contribution in [0, 0.1) is 0 Å². The van der Waals surface area contributed by atoms with E-state index in [1.54, 1.807) is 60.7 Å². The van der Waals surface area contributed by atoms with Crippen LogP contribution in [0.1, 0.15) is 18.1 Å². The van der Waals surface area contributed by atoms with Gasteiger partial charge in [0, 0.05) is 11.1 Å². The van der Waals surface area contributed by atoms with Crippen molar-refractivity contribution in [3.8, 4) is 0 Å². The first-order valence-corrected chi connectivity index (χ1v) is 6.91. The van der Waals surface area contributed by atoms with Gasteiger partial charge in [0.05, 0.1) is 0 Å². The average Bonchev–Trinajstić information content (AvgIpc) is 2.55. The predicted octanol–water partition coefficient (Wildman–Crippen LogP) is 5.10. The largest absolute Gasteiger partial charge is 0.459 e. The first-order chi connectivity index (χ1) is 11.2. The molecule has 7 heteroatoms. The number of benzene rings is 2. The summed E-state index contributed by atoms with van der Waals surface area (Å²) < 4.78 is 63.6. The summed E-state index contributed by atoms with van der Waals surface area (Å²) in [4.78, 5) is 0. The van der Waals surface area contributed by atoms with Crippen LogP contribution in [0.15, 0.2) is 70.9 Å². The molecule has 2 rings (SSSR count). The molecule has 0 unspecified atom stereocenters. The molecule has 0 atom stereocenters. The van der Waals surface area contributed by atoms with E-state index in [1.165, 1.54) is 0 Å². The Morgan fingerprint density at radius 2 is 1.12 bits per heavy atom. The van der Waals surface area contributed by atoms with E-state index in [0.717, 1.165) is 0 Å². The molecular weight excluding hydrogens is 327 g/mol. The Kier molecular flexibility index (Phi) is 5.11. The summed E-state index contributed by atoms with van der Waals surface area (Å²) in [6.45, 7) is 0.602. The molecule has 0 saturated heterocycles. The van der Waals surface area contributed by atoms with Crippen molar-refractivity contribution in [1.82, 2.24) is 0 Å². The lowest BCUT2D eigenvalue weighted by molar-refractivity contribution is -0.249. The third-order valence-electron chi connectivity index (χ3n) is 3.20. The zero-order valence-corrected chi connectivity index (χ0v) is 12.6. The summed E-state index contributed by atoms with van der Waals surface area (Å²) in [6.07, 6.45) is -5.71. The summed E-state index contributed by atoms with van der Waals surface area (Å²) in [5.41, 5.74) is -0.112. The van der Waals surface area contributed by atoms with Crippen LogP contribution < -0.4 is 0 Å². The first-order valence-electron chi connectivity index (χ1n) is 6.91. The summed E-state index contributed by atoms with van der Waals surface area (Å²) in [6, 6.07) is 17.0. The van der Waals surface area contributed by atoms with Crippen molar-refractivity contribution in [2.75, 3.05) is 0 Å². The number of halogens is 5.